The second kappa shape index (κ2) is 8.34. The molecule has 2 aromatic heterocycles. The first-order valence-corrected chi connectivity index (χ1v) is 11.8. The quantitative estimate of drug-likeness (QED) is 0.318. The third-order valence-electron chi connectivity index (χ3n) is 6.09. The molecule has 0 radical (unpaired) electrons. The maximum Gasteiger partial charge on any atom is 0.294 e. The second-order valence-electron chi connectivity index (χ2n) is 8.04. The lowest BCUT2D eigenvalue weighted by molar-refractivity contribution is -0.117. The van der Waals surface area contributed by atoms with E-state index in [4.69, 9.17) is 20.8 Å². The van der Waals surface area contributed by atoms with E-state index < -0.39 is 23.5 Å². The minimum Gasteiger partial charge on any atom is -0.503 e. The fraction of sp³-hybridized carbons (Fsp3) is 0.154. The van der Waals surface area contributed by atoms with Crippen LogP contribution in [0.5, 0.6) is 5.75 Å². The fourth-order valence-corrected chi connectivity index (χ4v) is 5.32. The molecule has 1 amide bonds. The molecule has 0 saturated heterocycles. The van der Waals surface area contributed by atoms with Gasteiger partial charge in [0.25, 0.3) is 5.91 Å². The first-order chi connectivity index (χ1) is 16.3. The summed E-state index contributed by atoms with van der Waals surface area (Å²) in [7, 11) is 1.48. The van der Waals surface area contributed by atoms with Gasteiger partial charge in [-0.05, 0) is 54.6 Å². The van der Waals surface area contributed by atoms with Crippen LogP contribution < -0.4 is 9.64 Å². The predicted octanol–water partition coefficient (Wildman–Crippen LogP) is 6.56. The van der Waals surface area contributed by atoms with Crippen LogP contribution in [0.3, 0.4) is 0 Å². The van der Waals surface area contributed by atoms with Crippen LogP contribution in [0.1, 0.15) is 32.6 Å². The molecule has 1 aliphatic rings. The third-order valence-corrected chi connectivity index (χ3v) is 7.23. The minimum absolute atomic E-state index is 0.0192. The van der Waals surface area contributed by atoms with Crippen molar-refractivity contribution < 1.29 is 23.8 Å². The van der Waals surface area contributed by atoms with Gasteiger partial charge in [0, 0.05) is 27.0 Å². The van der Waals surface area contributed by atoms with Gasteiger partial charge in [-0.15, -0.1) is 11.3 Å². The summed E-state index contributed by atoms with van der Waals surface area (Å²) in [6, 6.07) is 13.3. The number of rotatable bonds is 5. The fourth-order valence-electron chi connectivity index (χ4n) is 4.28. The van der Waals surface area contributed by atoms with Gasteiger partial charge in [0.15, 0.2) is 22.9 Å². The molecule has 1 atom stereocenters. The van der Waals surface area contributed by atoms with E-state index in [9.17, 15) is 14.7 Å². The number of methoxy groups -OCH3 is 1. The van der Waals surface area contributed by atoms with Gasteiger partial charge in [-0.3, -0.25) is 14.5 Å². The predicted molar refractivity (Wildman–Crippen MR) is 132 cm³/mol. The van der Waals surface area contributed by atoms with Crippen molar-refractivity contribution >= 4 is 51.3 Å². The maximum atomic E-state index is 13.7. The molecule has 4 aromatic rings. The first kappa shape index (κ1) is 22.3. The van der Waals surface area contributed by atoms with E-state index in [2.05, 4.69) is 0 Å². The maximum absolute atomic E-state index is 13.7. The van der Waals surface area contributed by atoms with E-state index in [1.54, 1.807) is 18.2 Å². The number of thiophene rings is 1. The Morgan fingerprint density at radius 2 is 1.97 bits per heavy atom. The SMILES string of the molecule is COc1cc(Cl)cc2cc(C(=O)C3=C(O)C(=O)N(c4cccc(C)c4C)C3c3cccs3)oc12. The van der Waals surface area contributed by atoms with Crippen LogP contribution in [0, 0.1) is 13.8 Å². The van der Waals surface area contributed by atoms with Crippen molar-refractivity contribution in [2.75, 3.05) is 12.0 Å². The van der Waals surface area contributed by atoms with Crippen LogP contribution in [0.25, 0.3) is 11.0 Å². The number of furan rings is 1. The van der Waals surface area contributed by atoms with Crippen LogP contribution in [-0.2, 0) is 4.79 Å². The van der Waals surface area contributed by atoms with Crippen molar-refractivity contribution in [1.29, 1.82) is 0 Å². The van der Waals surface area contributed by atoms with E-state index in [1.165, 1.54) is 23.3 Å². The van der Waals surface area contributed by atoms with Gasteiger partial charge in [-0.25, -0.2) is 0 Å². The van der Waals surface area contributed by atoms with E-state index in [1.807, 2.05) is 49.6 Å². The van der Waals surface area contributed by atoms with Crippen LogP contribution in [-0.4, -0.2) is 23.9 Å². The van der Waals surface area contributed by atoms with Crippen molar-refractivity contribution in [3.05, 3.63) is 92.0 Å². The number of Topliss-reactive ketones (excluding diaryl/α,β-unsaturated/α-hetero) is 1. The number of ketones is 1. The van der Waals surface area contributed by atoms with Gasteiger partial charge in [-0.2, -0.15) is 0 Å². The number of hydrogen-bond acceptors (Lipinski definition) is 6. The van der Waals surface area contributed by atoms with Crippen LogP contribution in [0.15, 0.2) is 69.7 Å². The summed E-state index contributed by atoms with van der Waals surface area (Å²) in [6.45, 7) is 3.86. The zero-order valence-corrected chi connectivity index (χ0v) is 20.2. The Morgan fingerprint density at radius 1 is 1.18 bits per heavy atom. The number of nitrogens with zero attached hydrogens (tertiary/aromatic N) is 1. The standard InChI is InChI=1S/C26H20ClNO5S/c1-13-6-4-7-17(14(13)2)28-22(20-8-5-9-34-20)21(24(30)26(28)31)23(29)18-11-15-10-16(27)12-19(32-3)25(15)33-18/h4-12,22,30H,1-3H3. The average molecular weight is 494 g/mol. The third kappa shape index (κ3) is 3.40. The lowest BCUT2D eigenvalue weighted by Gasteiger charge is -2.27. The molecule has 3 heterocycles. The number of aliphatic hydroxyl groups is 1. The smallest absolute Gasteiger partial charge is 0.294 e. The number of aliphatic hydroxyl groups excluding tert-OH is 1. The molecular weight excluding hydrogens is 474 g/mol. The molecule has 0 saturated carbocycles. The van der Waals surface area contributed by atoms with Crippen LogP contribution >= 0.6 is 22.9 Å². The summed E-state index contributed by atoms with van der Waals surface area (Å²) in [4.78, 5) is 29.3. The summed E-state index contributed by atoms with van der Waals surface area (Å²) in [5.74, 6) is -1.43. The second-order valence-corrected chi connectivity index (χ2v) is 9.46. The Balaban J connectivity index is 1.67. The summed E-state index contributed by atoms with van der Waals surface area (Å²) < 4.78 is 11.2. The lowest BCUT2D eigenvalue weighted by atomic mass is 9.99. The highest BCUT2D eigenvalue weighted by molar-refractivity contribution is 7.10. The Morgan fingerprint density at radius 3 is 2.68 bits per heavy atom. The summed E-state index contributed by atoms with van der Waals surface area (Å²) in [6.07, 6.45) is 0. The molecule has 34 heavy (non-hydrogen) atoms. The lowest BCUT2D eigenvalue weighted by Crippen LogP contribution is -2.31. The van der Waals surface area contributed by atoms with Gasteiger partial charge < -0.3 is 14.3 Å². The summed E-state index contributed by atoms with van der Waals surface area (Å²) in [5, 5.41) is 13.8. The molecule has 1 aliphatic heterocycles. The number of amides is 1. The molecule has 6 nitrogen and oxygen atoms in total. The molecular formula is C26H20ClNO5S. The number of carbonyl (C=O) groups is 2. The molecule has 8 heteroatoms. The number of aryl methyl sites for hydroxylation is 1. The molecule has 0 bridgehead atoms. The van der Waals surface area contributed by atoms with Gasteiger partial charge in [-0.1, -0.05) is 29.8 Å². The van der Waals surface area contributed by atoms with Gasteiger partial charge in [0.05, 0.1) is 12.7 Å². The minimum atomic E-state index is -0.792. The first-order valence-electron chi connectivity index (χ1n) is 10.5. The highest BCUT2D eigenvalue weighted by Gasteiger charge is 2.46. The normalized spacial score (nSPS) is 16.1. The molecule has 1 unspecified atom stereocenters. The van der Waals surface area contributed by atoms with Crippen molar-refractivity contribution in [3.63, 3.8) is 0 Å². The Labute approximate surface area is 204 Å². The van der Waals surface area contributed by atoms with E-state index >= 15 is 0 Å². The summed E-state index contributed by atoms with van der Waals surface area (Å²) in [5.41, 5.74) is 2.85. The van der Waals surface area contributed by atoms with Crippen molar-refractivity contribution in [2.45, 2.75) is 19.9 Å². The average Bonchev–Trinajstić information content (AvgIpc) is 3.54. The molecule has 0 aliphatic carbocycles. The molecule has 1 N–H and O–H groups in total. The number of halogens is 1. The highest BCUT2D eigenvalue weighted by Crippen LogP contribution is 2.45. The van der Waals surface area contributed by atoms with Gasteiger partial charge in [0.2, 0.25) is 5.78 Å². The van der Waals surface area contributed by atoms with E-state index in [0.717, 1.165) is 16.0 Å². The Kier molecular flexibility index (Phi) is 5.46. The Bertz CT molecular complexity index is 1480. The van der Waals surface area contributed by atoms with Gasteiger partial charge >= 0.3 is 0 Å². The number of benzene rings is 2. The van der Waals surface area contributed by atoms with E-state index in [-0.39, 0.29) is 11.3 Å². The topological polar surface area (TPSA) is 80.0 Å². The number of fused-ring (bicyclic) bond motifs is 1. The number of anilines is 1. The monoisotopic (exact) mass is 493 g/mol. The largest absolute Gasteiger partial charge is 0.503 e. The number of ether oxygens (including phenoxy) is 1. The highest BCUT2D eigenvalue weighted by atomic mass is 35.5. The van der Waals surface area contributed by atoms with Crippen LogP contribution in [0.4, 0.5) is 5.69 Å². The Hall–Kier alpha value is -3.55. The molecule has 172 valence electrons. The molecule has 0 spiro atoms. The number of carbonyl (C=O) groups excluding carboxylic acids is 2. The zero-order chi connectivity index (χ0) is 24.1. The van der Waals surface area contributed by atoms with E-state index in [0.29, 0.717) is 27.4 Å². The molecule has 5 rings (SSSR count). The summed E-state index contributed by atoms with van der Waals surface area (Å²) >= 11 is 7.56. The van der Waals surface area contributed by atoms with Crippen molar-refractivity contribution in [3.8, 4) is 5.75 Å². The number of hydrogen-bond donors (Lipinski definition) is 1. The molecule has 0 fully saturated rings. The van der Waals surface area contributed by atoms with Crippen molar-refractivity contribution in [2.24, 2.45) is 0 Å². The zero-order valence-electron chi connectivity index (χ0n) is 18.6. The molecule has 2 aromatic carbocycles. The van der Waals surface area contributed by atoms with Crippen molar-refractivity contribution in [1.82, 2.24) is 0 Å². The van der Waals surface area contributed by atoms with Gasteiger partial charge in [0.1, 0.15) is 6.04 Å². The van der Waals surface area contributed by atoms with Crippen LogP contribution in [0.2, 0.25) is 5.02 Å².